The van der Waals surface area contributed by atoms with E-state index in [9.17, 15) is 9.90 Å². The van der Waals surface area contributed by atoms with E-state index in [1.807, 2.05) is 0 Å². The van der Waals surface area contributed by atoms with E-state index in [1.54, 1.807) is 26.0 Å². The Morgan fingerprint density at radius 1 is 1.50 bits per heavy atom. The molecular weight excluding hydrogens is 180 g/mol. The lowest BCUT2D eigenvalue weighted by atomic mass is 10.2. The summed E-state index contributed by atoms with van der Waals surface area (Å²) in [5.74, 6) is -0.383. The molecule has 1 rings (SSSR count). The van der Waals surface area contributed by atoms with Crippen LogP contribution in [-0.2, 0) is 4.79 Å². The summed E-state index contributed by atoms with van der Waals surface area (Å²) in [6, 6.07) is 4.96. The van der Waals surface area contributed by atoms with Gasteiger partial charge >= 0.3 is 5.97 Å². The second-order valence-corrected chi connectivity index (χ2v) is 3.09. The van der Waals surface area contributed by atoms with Gasteiger partial charge in [0.15, 0.2) is 11.5 Å². The number of rotatable bonds is 2. The van der Waals surface area contributed by atoms with Crippen molar-refractivity contribution >= 4 is 5.97 Å². The van der Waals surface area contributed by atoms with Crippen molar-refractivity contribution in [1.82, 2.24) is 0 Å². The highest BCUT2D eigenvalue weighted by Crippen LogP contribution is 2.29. The number of aryl methyl sites for hydroxylation is 1. The fourth-order valence-corrected chi connectivity index (χ4v) is 0.901. The monoisotopic (exact) mass is 192 g/mol. The zero-order chi connectivity index (χ0) is 10.7. The zero-order valence-corrected chi connectivity index (χ0v) is 8.20. The number of para-hydroxylation sites is 1. The molecule has 0 saturated carbocycles. The molecule has 0 aliphatic heterocycles. The van der Waals surface area contributed by atoms with Crippen molar-refractivity contribution in [2.45, 2.75) is 13.8 Å². The summed E-state index contributed by atoms with van der Waals surface area (Å²) in [6.07, 6.45) is 0. The fraction of sp³-hybridized carbons (Fsp3) is 0.182. The van der Waals surface area contributed by atoms with Crippen LogP contribution in [0.25, 0.3) is 0 Å². The highest BCUT2D eigenvalue weighted by molar-refractivity contribution is 5.89. The van der Waals surface area contributed by atoms with Crippen molar-refractivity contribution in [3.63, 3.8) is 0 Å². The molecule has 0 aromatic heterocycles. The largest absolute Gasteiger partial charge is 0.504 e. The average molecular weight is 192 g/mol. The summed E-state index contributed by atoms with van der Waals surface area (Å²) in [5.41, 5.74) is 0.961. The number of carbonyl (C=O) groups is 1. The van der Waals surface area contributed by atoms with Gasteiger partial charge in [0, 0.05) is 5.57 Å². The Hall–Kier alpha value is -1.77. The number of ether oxygens (including phenoxy) is 1. The highest BCUT2D eigenvalue weighted by Gasteiger charge is 2.10. The van der Waals surface area contributed by atoms with E-state index in [2.05, 4.69) is 6.58 Å². The Morgan fingerprint density at radius 2 is 2.14 bits per heavy atom. The predicted molar refractivity (Wildman–Crippen MR) is 53.3 cm³/mol. The van der Waals surface area contributed by atoms with Crippen molar-refractivity contribution in [1.29, 1.82) is 0 Å². The summed E-state index contributed by atoms with van der Waals surface area (Å²) < 4.78 is 4.90. The molecule has 14 heavy (non-hydrogen) atoms. The molecule has 0 heterocycles. The summed E-state index contributed by atoms with van der Waals surface area (Å²) in [5, 5.41) is 9.52. The minimum Gasteiger partial charge on any atom is -0.504 e. The van der Waals surface area contributed by atoms with Gasteiger partial charge in [0.1, 0.15) is 0 Å². The van der Waals surface area contributed by atoms with Crippen LogP contribution in [0.2, 0.25) is 0 Å². The van der Waals surface area contributed by atoms with Gasteiger partial charge in [0.25, 0.3) is 0 Å². The van der Waals surface area contributed by atoms with Gasteiger partial charge in [-0.15, -0.1) is 0 Å². The number of esters is 1. The molecule has 0 spiro atoms. The second-order valence-electron chi connectivity index (χ2n) is 3.09. The molecular formula is C11H12O3. The number of phenols is 1. The van der Waals surface area contributed by atoms with Gasteiger partial charge in [-0.25, -0.2) is 4.79 Å². The quantitative estimate of drug-likeness (QED) is 0.444. The fourth-order valence-electron chi connectivity index (χ4n) is 0.901. The zero-order valence-electron chi connectivity index (χ0n) is 8.20. The molecule has 0 radical (unpaired) electrons. The molecule has 0 aliphatic rings. The number of hydrogen-bond donors (Lipinski definition) is 1. The molecule has 0 unspecified atom stereocenters. The molecule has 1 aromatic rings. The first-order valence-corrected chi connectivity index (χ1v) is 4.18. The number of carbonyl (C=O) groups excluding carboxylic acids is 1. The SMILES string of the molecule is C=C(C)C(=O)Oc1cccc(C)c1O. The maximum absolute atomic E-state index is 11.1. The van der Waals surface area contributed by atoms with Gasteiger partial charge in [0.2, 0.25) is 0 Å². The first-order chi connectivity index (χ1) is 6.52. The molecule has 3 nitrogen and oxygen atoms in total. The molecule has 0 fully saturated rings. The van der Waals surface area contributed by atoms with Gasteiger partial charge in [-0.2, -0.15) is 0 Å². The van der Waals surface area contributed by atoms with Crippen LogP contribution in [0, 0.1) is 6.92 Å². The Kier molecular flexibility index (Phi) is 2.92. The third-order valence-electron chi connectivity index (χ3n) is 1.75. The lowest BCUT2D eigenvalue weighted by Crippen LogP contribution is -2.08. The molecule has 0 aliphatic carbocycles. The van der Waals surface area contributed by atoms with Crippen LogP contribution in [0.4, 0.5) is 0 Å². The maximum Gasteiger partial charge on any atom is 0.338 e. The molecule has 0 atom stereocenters. The number of hydrogen-bond acceptors (Lipinski definition) is 3. The van der Waals surface area contributed by atoms with Gasteiger partial charge in [-0.05, 0) is 25.5 Å². The Labute approximate surface area is 82.6 Å². The van der Waals surface area contributed by atoms with Crippen LogP contribution >= 0.6 is 0 Å². The molecule has 1 N–H and O–H groups in total. The maximum atomic E-state index is 11.1. The van der Waals surface area contributed by atoms with E-state index in [4.69, 9.17) is 4.74 Å². The van der Waals surface area contributed by atoms with Crippen molar-refractivity contribution in [2.24, 2.45) is 0 Å². The van der Waals surface area contributed by atoms with Gasteiger partial charge in [-0.3, -0.25) is 0 Å². The van der Waals surface area contributed by atoms with Crippen LogP contribution in [0.15, 0.2) is 30.4 Å². The molecule has 0 saturated heterocycles. The van der Waals surface area contributed by atoms with Crippen LogP contribution in [0.1, 0.15) is 12.5 Å². The van der Waals surface area contributed by atoms with E-state index in [-0.39, 0.29) is 11.5 Å². The average Bonchev–Trinajstić information content (AvgIpc) is 2.12. The van der Waals surface area contributed by atoms with Crippen molar-refractivity contribution in [3.05, 3.63) is 35.9 Å². The van der Waals surface area contributed by atoms with Crippen LogP contribution in [0.3, 0.4) is 0 Å². The van der Waals surface area contributed by atoms with Gasteiger partial charge < -0.3 is 9.84 Å². The smallest absolute Gasteiger partial charge is 0.338 e. The predicted octanol–water partition coefficient (Wildman–Crippen LogP) is 2.18. The van der Waals surface area contributed by atoms with Crippen LogP contribution in [0.5, 0.6) is 11.5 Å². The topological polar surface area (TPSA) is 46.5 Å². The minimum atomic E-state index is -0.536. The number of phenolic OH excluding ortho intramolecular Hbond substituents is 1. The van der Waals surface area contributed by atoms with E-state index in [0.29, 0.717) is 11.1 Å². The first kappa shape index (κ1) is 10.3. The van der Waals surface area contributed by atoms with Crippen molar-refractivity contribution in [3.8, 4) is 11.5 Å². The normalized spacial score (nSPS) is 9.57. The lowest BCUT2D eigenvalue weighted by Gasteiger charge is -2.07. The molecule has 0 bridgehead atoms. The van der Waals surface area contributed by atoms with E-state index < -0.39 is 5.97 Å². The minimum absolute atomic E-state index is 0.0119. The van der Waals surface area contributed by atoms with Crippen LogP contribution < -0.4 is 4.74 Å². The van der Waals surface area contributed by atoms with E-state index in [1.165, 1.54) is 6.07 Å². The number of benzene rings is 1. The third-order valence-corrected chi connectivity index (χ3v) is 1.75. The highest BCUT2D eigenvalue weighted by atomic mass is 16.5. The van der Waals surface area contributed by atoms with Crippen molar-refractivity contribution < 1.29 is 14.6 Å². The summed E-state index contributed by atoms with van der Waals surface area (Å²) >= 11 is 0. The standard InChI is InChI=1S/C11H12O3/c1-7(2)11(13)14-9-6-4-5-8(3)10(9)12/h4-6,12H,1H2,2-3H3. The molecule has 3 heteroatoms. The Balaban J connectivity index is 2.93. The summed E-state index contributed by atoms with van der Waals surface area (Å²) in [6.45, 7) is 6.73. The van der Waals surface area contributed by atoms with E-state index >= 15 is 0 Å². The van der Waals surface area contributed by atoms with E-state index in [0.717, 1.165) is 0 Å². The van der Waals surface area contributed by atoms with Gasteiger partial charge in [-0.1, -0.05) is 18.7 Å². The lowest BCUT2D eigenvalue weighted by molar-refractivity contribution is -0.130. The van der Waals surface area contributed by atoms with Crippen molar-refractivity contribution in [2.75, 3.05) is 0 Å². The van der Waals surface area contributed by atoms with Crippen LogP contribution in [-0.4, -0.2) is 11.1 Å². The molecule has 0 amide bonds. The Morgan fingerprint density at radius 3 is 2.71 bits per heavy atom. The number of aromatic hydroxyl groups is 1. The molecule has 1 aromatic carbocycles. The second kappa shape index (κ2) is 3.96. The third kappa shape index (κ3) is 2.13. The summed E-state index contributed by atoms with van der Waals surface area (Å²) in [7, 11) is 0. The Bertz CT molecular complexity index is 380. The van der Waals surface area contributed by atoms with Gasteiger partial charge in [0.05, 0.1) is 0 Å². The summed E-state index contributed by atoms with van der Waals surface area (Å²) in [4.78, 5) is 11.1. The molecule has 74 valence electrons. The first-order valence-electron chi connectivity index (χ1n) is 4.18.